The predicted octanol–water partition coefficient (Wildman–Crippen LogP) is -0.637. The highest BCUT2D eigenvalue weighted by molar-refractivity contribution is 6.32. The summed E-state index contributed by atoms with van der Waals surface area (Å²) >= 11 is 5.09. The van der Waals surface area contributed by atoms with Crippen LogP contribution in [0.4, 0.5) is 0 Å². The van der Waals surface area contributed by atoms with Crippen molar-refractivity contribution in [2.24, 2.45) is 0 Å². The van der Waals surface area contributed by atoms with Crippen LogP contribution in [-0.4, -0.2) is 34.7 Å². The summed E-state index contributed by atoms with van der Waals surface area (Å²) in [6.45, 7) is -1.10. The summed E-state index contributed by atoms with van der Waals surface area (Å²) < 4.78 is 4.00. The lowest BCUT2D eigenvalue weighted by molar-refractivity contribution is -0.531. The van der Waals surface area contributed by atoms with E-state index in [2.05, 4.69) is 4.74 Å². The number of halogens is 1. The van der Waals surface area contributed by atoms with Crippen LogP contribution >= 0.6 is 11.6 Å². The Kier molecular flexibility index (Phi) is 3.21. The third-order valence-electron chi connectivity index (χ3n) is 0.997. The Balaban J connectivity index is 4.59. The highest BCUT2D eigenvalue weighted by atomic mass is 35.5. The number of aliphatic hydroxyl groups is 1. The Morgan fingerprint density at radius 2 is 2.36 bits per heavy atom. The highest BCUT2D eigenvalue weighted by Crippen LogP contribution is 2.16. The maximum Gasteiger partial charge on any atom is 0.412 e. The van der Waals surface area contributed by atoms with Crippen LogP contribution < -0.4 is 0 Å². The normalized spacial score (nSPS) is 15.2. The van der Waals surface area contributed by atoms with E-state index in [-0.39, 0.29) is 0 Å². The molecule has 0 aliphatic carbocycles. The van der Waals surface area contributed by atoms with E-state index < -0.39 is 22.5 Å². The van der Waals surface area contributed by atoms with Crippen molar-refractivity contribution in [1.82, 2.24) is 0 Å². The van der Waals surface area contributed by atoms with Gasteiger partial charge in [-0.1, -0.05) is 0 Å². The molecule has 11 heavy (non-hydrogen) atoms. The van der Waals surface area contributed by atoms with Gasteiger partial charge in [0.25, 0.3) is 0 Å². The van der Waals surface area contributed by atoms with Crippen molar-refractivity contribution in [2.45, 2.75) is 5.00 Å². The van der Waals surface area contributed by atoms with Gasteiger partial charge in [0.15, 0.2) is 0 Å². The van der Waals surface area contributed by atoms with Gasteiger partial charge < -0.3 is 9.84 Å². The van der Waals surface area contributed by atoms with E-state index >= 15 is 0 Å². The minimum atomic E-state index is -2.56. The van der Waals surface area contributed by atoms with Crippen LogP contribution in [0.3, 0.4) is 0 Å². The molecule has 7 heteroatoms. The number of nitrogens with zero attached hydrogens (tertiary/aromatic N) is 1. The molecule has 0 aromatic carbocycles. The minimum Gasteiger partial charge on any atom is -0.463 e. The fourth-order valence-corrected chi connectivity index (χ4v) is 0.430. The molecule has 0 heterocycles. The van der Waals surface area contributed by atoms with Crippen molar-refractivity contribution < 1.29 is 19.6 Å². The molecule has 64 valence electrons. The van der Waals surface area contributed by atoms with E-state index in [4.69, 9.17) is 16.7 Å². The van der Waals surface area contributed by atoms with Crippen LogP contribution in [0.1, 0.15) is 0 Å². The number of esters is 1. The molecule has 0 rings (SSSR count). The summed E-state index contributed by atoms with van der Waals surface area (Å²) in [4.78, 5) is 16.9. The van der Waals surface area contributed by atoms with E-state index in [0.29, 0.717) is 0 Å². The number of nitro groups is 1. The third-order valence-corrected chi connectivity index (χ3v) is 1.41. The number of rotatable bonds is 3. The van der Waals surface area contributed by atoms with Gasteiger partial charge in [-0.15, -0.1) is 0 Å². The highest BCUT2D eigenvalue weighted by Gasteiger charge is 2.50. The molecule has 0 aliphatic heterocycles. The number of hydrogen-bond acceptors (Lipinski definition) is 5. The van der Waals surface area contributed by atoms with Crippen molar-refractivity contribution in [3.8, 4) is 0 Å². The average molecular weight is 184 g/mol. The molecule has 1 atom stereocenters. The van der Waals surface area contributed by atoms with Gasteiger partial charge in [-0.05, 0) is 11.6 Å². The molecule has 6 nitrogen and oxygen atoms in total. The standard InChI is InChI=1S/C4H6ClNO5/c1-11-3(8)4(5,2-7)6(9)10/h7H,2H2,1H3. The first-order valence-corrected chi connectivity index (χ1v) is 2.89. The predicted molar refractivity (Wildman–Crippen MR) is 34.7 cm³/mol. The molecule has 0 aromatic heterocycles. The molecule has 0 spiro atoms. The van der Waals surface area contributed by atoms with Crippen LogP contribution in [-0.2, 0) is 9.53 Å². The molecule has 0 amide bonds. The monoisotopic (exact) mass is 183 g/mol. The second-order valence-corrected chi connectivity index (χ2v) is 2.29. The lowest BCUT2D eigenvalue weighted by Crippen LogP contribution is -2.45. The largest absolute Gasteiger partial charge is 0.463 e. The third kappa shape index (κ3) is 1.78. The molecular formula is C4H6ClNO5. The van der Waals surface area contributed by atoms with Crippen molar-refractivity contribution in [1.29, 1.82) is 0 Å². The number of aliphatic hydroxyl groups excluding tert-OH is 1. The lowest BCUT2D eigenvalue weighted by atomic mass is 10.3. The van der Waals surface area contributed by atoms with Gasteiger partial charge in [0.2, 0.25) is 0 Å². The van der Waals surface area contributed by atoms with Gasteiger partial charge in [0, 0.05) is 0 Å². The van der Waals surface area contributed by atoms with Crippen LogP contribution in [0.15, 0.2) is 0 Å². The SMILES string of the molecule is COC(=O)C(Cl)(CO)[N+](=O)[O-]. The Hall–Kier alpha value is -0.880. The zero-order chi connectivity index (χ0) is 9.07. The summed E-state index contributed by atoms with van der Waals surface area (Å²) in [5, 5.41) is 18.4. The molecule has 0 saturated heterocycles. The van der Waals surface area contributed by atoms with Crippen LogP contribution in [0, 0.1) is 10.1 Å². The van der Waals surface area contributed by atoms with Crippen molar-refractivity contribution >= 4 is 17.6 Å². The molecule has 1 unspecified atom stereocenters. The second-order valence-electron chi connectivity index (χ2n) is 1.67. The molecule has 0 radical (unpaired) electrons. The second kappa shape index (κ2) is 3.49. The van der Waals surface area contributed by atoms with E-state index in [0.717, 1.165) is 7.11 Å². The summed E-state index contributed by atoms with van der Waals surface area (Å²) in [6.07, 6.45) is 0. The zero-order valence-electron chi connectivity index (χ0n) is 5.61. The van der Waals surface area contributed by atoms with Crippen molar-refractivity contribution in [3.05, 3.63) is 10.1 Å². The van der Waals surface area contributed by atoms with Crippen molar-refractivity contribution in [3.63, 3.8) is 0 Å². The molecule has 0 bridgehead atoms. The minimum absolute atomic E-state index is 0.943. The smallest absolute Gasteiger partial charge is 0.412 e. The summed E-state index contributed by atoms with van der Waals surface area (Å²) in [7, 11) is 0.943. The Bertz CT molecular complexity index is 183. The fourth-order valence-electron chi connectivity index (χ4n) is 0.353. The average Bonchev–Trinajstić information content (AvgIpc) is 2.01. The van der Waals surface area contributed by atoms with Crippen LogP contribution in [0.2, 0.25) is 0 Å². The Morgan fingerprint density at radius 1 is 1.91 bits per heavy atom. The molecule has 0 saturated carbocycles. The van der Waals surface area contributed by atoms with E-state index in [1.807, 2.05) is 0 Å². The van der Waals surface area contributed by atoms with E-state index in [1.54, 1.807) is 0 Å². The first kappa shape index (κ1) is 10.1. The summed E-state index contributed by atoms with van der Waals surface area (Å²) in [5.74, 6) is -1.29. The van der Waals surface area contributed by atoms with Gasteiger partial charge in [-0.3, -0.25) is 10.1 Å². The number of carbonyl (C=O) groups excluding carboxylic acids is 1. The van der Waals surface area contributed by atoms with Crippen LogP contribution in [0.5, 0.6) is 0 Å². The van der Waals surface area contributed by atoms with Gasteiger partial charge >= 0.3 is 11.0 Å². The zero-order valence-corrected chi connectivity index (χ0v) is 6.37. The molecule has 0 aromatic rings. The van der Waals surface area contributed by atoms with Gasteiger partial charge in [0.1, 0.15) is 6.61 Å². The number of alkyl halides is 1. The van der Waals surface area contributed by atoms with Crippen molar-refractivity contribution in [2.75, 3.05) is 13.7 Å². The van der Waals surface area contributed by atoms with Crippen LogP contribution in [0.25, 0.3) is 0 Å². The Morgan fingerprint density at radius 3 is 2.45 bits per heavy atom. The van der Waals surface area contributed by atoms with E-state index in [9.17, 15) is 14.9 Å². The summed E-state index contributed by atoms with van der Waals surface area (Å²) in [6, 6.07) is 0. The maximum atomic E-state index is 10.6. The van der Waals surface area contributed by atoms with Gasteiger partial charge in [-0.25, -0.2) is 4.79 Å². The number of ether oxygens (including phenoxy) is 1. The lowest BCUT2D eigenvalue weighted by Gasteiger charge is -2.11. The number of hydrogen-bond donors (Lipinski definition) is 1. The first-order chi connectivity index (χ1) is 4.99. The van der Waals surface area contributed by atoms with Gasteiger partial charge in [0.05, 0.1) is 12.0 Å². The number of carbonyl (C=O) groups is 1. The molecular weight excluding hydrogens is 177 g/mol. The maximum absolute atomic E-state index is 10.6. The number of methoxy groups -OCH3 is 1. The van der Waals surface area contributed by atoms with Gasteiger partial charge in [-0.2, -0.15) is 0 Å². The Labute approximate surface area is 66.9 Å². The molecule has 0 fully saturated rings. The molecule has 0 aliphatic rings. The first-order valence-electron chi connectivity index (χ1n) is 2.51. The summed E-state index contributed by atoms with van der Waals surface area (Å²) in [5.41, 5.74) is 0. The van der Waals surface area contributed by atoms with E-state index in [1.165, 1.54) is 0 Å². The topological polar surface area (TPSA) is 89.7 Å². The fraction of sp³-hybridized carbons (Fsp3) is 0.750. The quantitative estimate of drug-likeness (QED) is 0.207. The molecule has 1 N–H and O–H groups in total.